The first-order valence-corrected chi connectivity index (χ1v) is 4.83. The van der Waals surface area contributed by atoms with Crippen LogP contribution in [0, 0.1) is 3.77 Å². The van der Waals surface area contributed by atoms with Gasteiger partial charge in [0.1, 0.15) is 11.9 Å². The van der Waals surface area contributed by atoms with Gasteiger partial charge in [0.2, 0.25) is 0 Å². The minimum atomic E-state index is -1.62. The number of aliphatic hydroxyl groups excluding tert-OH is 2. The molecule has 2 unspecified atom stereocenters. The second-order valence-electron chi connectivity index (χ2n) is 2.55. The Labute approximate surface area is 93.8 Å². The van der Waals surface area contributed by atoms with Gasteiger partial charge in [0.05, 0.1) is 7.11 Å². The predicted octanol–water partition coefficient (Wildman–Crippen LogP) is 0.452. The van der Waals surface area contributed by atoms with E-state index in [1.807, 2.05) is 22.6 Å². The van der Waals surface area contributed by atoms with Crippen molar-refractivity contribution in [2.45, 2.75) is 12.2 Å². The SMILES string of the molecule is COC(=O)C(O)C(O)c1ccc(I)o1. The summed E-state index contributed by atoms with van der Waals surface area (Å²) in [6.07, 6.45) is -3.02. The molecule has 0 bridgehead atoms. The van der Waals surface area contributed by atoms with Crippen molar-refractivity contribution >= 4 is 28.6 Å². The molecule has 0 aliphatic heterocycles. The minimum Gasteiger partial charge on any atom is -0.467 e. The molecular formula is C8H9IO5. The Bertz CT molecular complexity index is 321. The van der Waals surface area contributed by atoms with Crippen LogP contribution in [0.2, 0.25) is 0 Å². The Morgan fingerprint density at radius 3 is 2.64 bits per heavy atom. The fourth-order valence-electron chi connectivity index (χ4n) is 0.892. The highest BCUT2D eigenvalue weighted by atomic mass is 127. The van der Waals surface area contributed by atoms with Crippen molar-refractivity contribution in [3.8, 4) is 0 Å². The number of methoxy groups -OCH3 is 1. The molecule has 0 saturated carbocycles. The number of furan rings is 1. The van der Waals surface area contributed by atoms with Gasteiger partial charge in [-0.1, -0.05) is 0 Å². The maximum atomic E-state index is 10.9. The number of carbonyl (C=O) groups is 1. The van der Waals surface area contributed by atoms with Crippen LogP contribution >= 0.6 is 22.6 Å². The maximum absolute atomic E-state index is 10.9. The molecule has 6 heteroatoms. The van der Waals surface area contributed by atoms with Crippen molar-refractivity contribution in [3.05, 3.63) is 21.7 Å². The molecule has 0 spiro atoms. The van der Waals surface area contributed by atoms with Crippen molar-refractivity contribution in [3.63, 3.8) is 0 Å². The highest BCUT2D eigenvalue weighted by Crippen LogP contribution is 2.21. The summed E-state index contributed by atoms with van der Waals surface area (Å²) in [7, 11) is 1.13. The molecule has 0 aliphatic rings. The topological polar surface area (TPSA) is 79.9 Å². The summed E-state index contributed by atoms with van der Waals surface area (Å²) in [5, 5.41) is 18.7. The van der Waals surface area contributed by atoms with Gasteiger partial charge in [-0.05, 0) is 34.7 Å². The fraction of sp³-hybridized carbons (Fsp3) is 0.375. The largest absolute Gasteiger partial charge is 0.467 e. The molecule has 0 amide bonds. The second kappa shape index (κ2) is 4.76. The van der Waals surface area contributed by atoms with E-state index in [9.17, 15) is 15.0 Å². The summed E-state index contributed by atoms with van der Waals surface area (Å²) in [4.78, 5) is 10.9. The summed E-state index contributed by atoms with van der Waals surface area (Å²) in [5.74, 6) is -0.767. The molecule has 1 aromatic rings. The molecule has 0 radical (unpaired) electrons. The molecule has 2 atom stereocenters. The minimum absolute atomic E-state index is 0.132. The van der Waals surface area contributed by atoms with Crippen LogP contribution in [0.4, 0.5) is 0 Å². The van der Waals surface area contributed by atoms with E-state index in [4.69, 9.17) is 4.42 Å². The van der Waals surface area contributed by atoms with Crippen LogP contribution in [0.15, 0.2) is 16.5 Å². The summed E-state index contributed by atoms with van der Waals surface area (Å²) in [5.41, 5.74) is 0. The molecule has 0 aliphatic carbocycles. The van der Waals surface area contributed by atoms with Gasteiger partial charge in [-0.3, -0.25) is 0 Å². The number of ether oxygens (including phenoxy) is 1. The van der Waals surface area contributed by atoms with E-state index in [1.165, 1.54) is 6.07 Å². The first-order chi connectivity index (χ1) is 6.56. The Kier molecular flexibility index (Phi) is 3.90. The Balaban J connectivity index is 2.74. The van der Waals surface area contributed by atoms with Crippen molar-refractivity contribution < 1.29 is 24.2 Å². The van der Waals surface area contributed by atoms with Gasteiger partial charge in [0, 0.05) is 0 Å². The molecule has 1 heterocycles. The van der Waals surface area contributed by atoms with Crippen LogP contribution in [0.3, 0.4) is 0 Å². The zero-order valence-corrected chi connectivity index (χ0v) is 9.46. The van der Waals surface area contributed by atoms with E-state index in [1.54, 1.807) is 6.07 Å². The molecule has 78 valence electrons. The average molecular weight is 312 g/mol. The van der Waals surface area contributed by atoms with E-state index in [0.29, 0.717) is 3.77 Å². The molecule has 1 rings (SSSR count). The number of rotatable bonds is 3. The number of hydrogen-bond acceptors (Lipinski definition) is 5. The Morgan fingerprint density at radius 2 is 2.21 bits per heavy atom. The predicted molar refractivity (Wildman–Crippen MR) is 54.4 cm³/mol. The van der Waals surface area contributed by atoms with Crippen molar-refractivity contribution in [1.29, 1.82) is 0 Å². The van der Waals surface area contributed by atoms with Crippen molar-refractivity contribution in [2.75, 3.05) is 7.11 Å². The molecule has 1 aromatic heterocycles. The quantitative estimate of drug-likeness (QED) is 0.626. The van der Waals surface area contributed by atoms with Crippen LogP contribution < -0.4 is 0 Å². The van der Waals surface area contributed by atoms with Gasteiger partial charge < -0.3 is 19.4 Å². The standard InChI is InChI=1S/C8H9IO5/c1-13-8(12)7(11)6(10)4-2-3-5(9)14-4/h2-3,6-7,10-11H,1H3. The molecular weight excluding hydrogens is 303 g/mol. The summed E-state index contributed by atoms with van der Waals surface area (Å²) in [6, 6.07) is 3.10. The molecule has 14 heavy (non-hydrogen) atoms. The summed E-state index contributed by atoms with van der Waals surface area (Å²) in [6.45, 7) is 0. The van der Waals surface area contributed by atoms with Gasteiger partial charge in [-0.2, -0.15) is 0 Å². The first kappa shape index (κ1) is 11.5. The van der Waals surface area contributed by atoms with E-state index >= 15 is 0 Å². The smallest absolute Gasteiger partial charge is 0.337 e. The summed E-state index contributed by atoms with van der Waals surface area (Å²) < 4.78 is 9.86. The molecule has 0 fully saturated rings. The van der Waals surface area contributed by atoms with Gasteiger partial charge in [-0.15, -0.1) is 0 Å². The molecule has 5 nitrogen and oxygen atoms in total. The van der Waals surface area contributed by atoms with Crippen LogP contribution in [0.25, 0.3) is 0 Å². The number of aliphatic hydroxyl groups is 2. The van der Waals surface area contributed by atoms with Crippen LogP contribution in [0.5, 0.6) is 0 Å². The Hall–Kier alpha value is -0.600. The van der Waals surface area contributed by atoms with E-state index in [0.717, 1.165) is 7.11 Å². The maximum Gasteiger partial charge on any atom is 0.337 e. The van der Waals surface area contributed by atoms with Gasteiger partial charge in [-0.25, -0.2) is 4.79 Å². The average Bonchev–Trinajstić information content (AvgIpc) is 2.61. The zero-order chi connectivity index (χ0) is 10.7. The number of carbonyl (C=O) groups excluding carboxylic acids is 1. The highest BCUT2D eigenvalue weighted by Gasteiger charge is 2.28. The molecule has 0 aromatic carbocycles. The van der Waals surface area contributed by atoms with E-state index in [-0.39, 0.29) is 5.76 Å². The third-order valence-corrected chi connectivity index (χ3v) is 2.21. The second-order valence-corrected chi connectivity index (χ2v) is 3.62. The Morgan fingerprint density at radius 1 is 1.57 bits per heavy atom. The lowest BCUT2D eigenvalue weighted by Gasteiger charge is -2.12. The lowest BCUT2D eigenvalue weighted by atomic mass is 10.1. The lowest BCUT2D eigenvalue weighted by Crippen LogP contribution is -2.28. The lowest BCUT2D eigenvalue weighted by molar-refractivity contribution is -0.157. The third-order valence-electron chi connectivity index (χ3n) is 1.63. The van der Waals surface area contributed by atoms with E-state index < -0.39 is 18.2 Å². The molecule has 2 N–H and O–H groups in total. The van der Waals surface area contributed by atoms with Crippen LogP contribution in [-0.2, 0) is 9.53 Å². The third kappa shape index (κ3) is 2.46. The van der Waals surface area contributed by atoms with Gasteiger partial charge in [0.15, 0.2) is 9.87 Å². The first-order valence-electron chi connectivity index (χ1n) is 3.75. The monoisotopic (exact) mass is 312 g/mol. The fourth-order valence-corrected chi connectivity index (χ4v) is 1.33. The highest BCUT2D eigenvalue weighted by molar-refractivity contribution is 14.1. The zero-order valence-electron chi connectivity index (χ0n) is 7.31. The van der Waals surface area contributed by atoms with Gasteiger partial charge in [0.25, 0.3) is 0 Å². The molecule has 0 saturated heterocycles. The van der Waals surface area contributed by atoms with Gasteiger partial charge >= 0.3 is 5.97 Å². The van der Waals surface area contributed by atoms with Crippen LogP contribution in [0.1, 0.15) is 11.9 Å². The number of hydrogen-bond donors (Lipinski definition) is 2. The van der Waals surface area contributed by atoms with Crippen molar-refractivity contribution in [2.24, 2.45) is 0 Å². The number of halogens is 1. The summed E-state index contributed by atoms with van der Waals surface area (Å²) >= 11 is 1.91. The number of esters is 1. The normalized spacial score (nSPS) is 14.9. The van der Waals surface area contributed by atoms with Crippen molar-refractivity contribution in [1.82, 2.24) is 0 Å². The van der Waals surface area contributed by atoms with E-state index in [2.05, 4.69) is 4.74 Å². The van der Waals surface area contributed by atoms with Crippen LogP contribution in [-0.4, -0.2) is 29.4 Å².